The summed E-state index contributed by atoms with van der Waals surface area (Å²) in [6.45, 7) is 9.22. The zero-order chi connectivity index (χ0) is 19.3. The van der Waals surface area contributed by atoms with Gasteiger partial charge in [0, 0.05) is 12.3 Å². The van der Waals surface area contributed by atoms with Crippen molar-refractivity contribution in [2.24, 2.45) is 0 Å². The van der Waals surface area contributed by atoms with E-state index < -0.39 is 0 Å². The molecule has 5 rings (SSSR count). The lowest BCUT2D eigenvalue weighted by Crippen LogP contribution is -2.19. The number of fused-ring (bicyclic) bond motifs is 2. The Hall–Kier alpha value is -4.25. The minimum absolute atomic E-state index is 0.174. The summed E-state index contributed by atoms with van der Waals surface area (Å²) in [5.41, 5.74) is 3.20. The van der Waals surface area contributed by atoms with Crippen molar-refractivity contribution in [1.82, 2.24) is 24.6 Å². The Balaban J connectivity index is 1.83. The van der Waals surface area contributed by atoms with E-state index in [-0.39, 0.29) is 22.8 Å². The molecule has 28 heavy (non-hydrogen) atoms. The number of nitrogens with one attached hydrogen (secondary N) is 1. The smallest absolute Gasteiger partial charge is 0.301 e. The van der Waals surface area contributed by atoms with Crippen molar-refractivity contribution in [2.75, 3.05) is 0 Å². The van der Waals surface area contributed by atoms with Gasteiger partial charge in [0.15, 0.2) is 11.2 Å². The molecule has 0 amide bonds. The Morgan fingerprint density at radius 3 is 2.71 bits per heavy atom. The number of hydrogen-bond donors (Lipinski definition) is 1. The molecule has 134 valence electrons. The summed E-state index contributed by atoms with van der Waals surface area (Å²) in [6, 6.07) is 11.1. The summed E-state index contributed by atoms with van der Waals surface area (Å²) in [4.78, 5) is 29.7. The van der Waals surface area contributed by atoms with E-state index >= 15 is 0 Å². The zero-order valence-electron chi connectivity index (χ0n) is 14.7. The van der Waals surface area contributed by atoms with Crippen LogP contribution in [0.3, 0.4) is 0 Å². The number of nitrogens with zero attached hydrogens (tertiary/aromatic N) is 5. The molecule has 0 spiro atoms. The molecule has 0 saturated carbocycles. The van der Waals surface area contributed by atoms with Gasteiger partial charge < -0.3 is 9.26 Å². The molecule has 0 atom stereocenters. The van der Waals surface area contributed by atoms with Crippen LogP contribution in [-0.4, -0.2) is 24.6 Å². The molecule has 5 aromatic rings. The SMILES string of the molecule is [C-]#[N+]c1[nH]n2c(=O)c(-c3nc4cnccc4o3)c(C)nc2c1-c1ccccc1. The van der Waals surface area contributed by atoms with Crippen LogP contribution in [0.2, 0.25) is 0 Å². The Kier molecular flexibility index (Phi) is 3.36. The van der Waals surface area contributed by atoms with Crippen LogP contribution in [-0.2, 0) is 0 Å². The van der Waals surface area contributed by atoms with E-state index in [4.69, 9.17) is 11.0 Å². The highest BCUT2D eigenvalue weighted by molar-refractivity contribution is 5.88. The summed E-state index contributed by atoms with van der Waals surface area (Å²) in [7, 11) is 0. The van der Waals surface area contributed by atoms with Gasteiger partial charge in [0.25, 0.3) is 5.82 Å². The molecule has 8 heteroatoms. The van der Waals surface area contributed by atoms with E-state index in [2.05, 4.69) is 24.9 Å². The number of hydrogen-bond acceptors (Lipinski definition) is 5. The molecule has 4 aromatic heterocycles. The van der Waals surface area contributed by atoms with E-state index in [1.807, 2.05) is 30.3 Å². The highest BCUT2D eigenvalue weighted by Crippen LogP contribution is 2.33. The Morgan fingerprint density at radius 2 is 1.96 bits per heavy atom. The molecule has 0 fully saturated rings. The molecule has 0 saturated heterocycles. The van der Waals surface area contributed by atoms with Crippen LogP contribution in [0.15, 0.2) is 58.0 Å². The van der Waals surface area contributed by atoms with Crippen LogP contribution in [0.4, 0.5) is 5.82 Å². The summed E-state index contributed by atoms with van der Waals surface area (Å²) in [5.74, 6) is 0.418. The van der Waals surface area contributed by atoms with Crippen molar-refractivity contribution in [2.45, 2.75) is 6.92 Å². The number of aryl methyl sites for hydroxylation is 1. The second-order valence-electron chi connectivity index (χ2n) is 6.21. The van der Waals surface area contributed by atoms with Gasteiger partial charge in [0.2, 0.25) is 5.89 Å². The first-order valence-corrected chi connectivity index (χ1v) is 8.46. The number of oxazole rings is 1. The third-order valence-corrected chi connectivity index (χ3v) is 4.52. The number of pyridine rings is 1. The molecule has 4 heterocycles. The predicted molar refractivity (Wildman–Crippen MR) is 103 cm³/mol. The van der Waals surface area contributed by atoms with Gasteiger partial charge in [-0.25, -0.2) is 15.1 Å². The monoisotopic (exact) mass is 368 g/mol. The lowest BCUT2D eigenvalue weighted by Gasteiger charge is -2.03. The summed E-state index contributed by atoms with van der Waals surface area (Å²) < 4.78 is 7.00. The van der Waals surface area contributed by atoms with Crippen molar-refractivity contribution in [3.63, 3.8) is 0 Å². The van der Waals surface area contributed by atoms with Crippen LogP contribution in [0, 0.1) is 13.5 Å². The van der Waals surface area contributed by atoms with Gasteiger partial charge in [-0.15, -0.1) is 4.52 Å². The van der Waals surface area contributed by atoms with E-state index in [0.717, 1.165) is 5.56 Å². The van der Waals surface area contributed by atoms with Crippen molar-refractivity contribution in [3.05, 3.63) is 76.3 Å². The van der Waals surface area contributed by atoms with Gasteiger partial charge in [-0.1, -0.05) is 36.9 Å². The molecule has 1 N–H and O–H groups in total. The van der Waals surface area contributed by atoms with Crippen LogP contribution < -0.4 is 5.56 Å². The Morgan fingerprint density at radius 1 is 1.14 bits per heavy atom. The van der Waals surface area contributed by atoms with Gasteiger partial charge in [-0.05, 0) is 12.5 Å². The van der Waals surface area contributed by atoms with Crippen LogP contribution in [0.1, 0.15) is 5.69 Å². The van der Waals surface area contributed by atoms with Gasteiger partial charge >= 0.3 is 5.56 Å². The van der Waals surface area contributed by atoms with Crippen molar-refractivity contribution in [3.8, 4) is 22.6 Å². The molecule has 0 aliphatic heterocycles. The highest BCUT2D eigenvalue weighted by atomic mass is 16.3. The lowest BCUT2D eigenvalue weighted by molar-refractivity contribution is 0.616. The molecular weight excluding hydrogens is 356 g/mol. The zero-order valence-corrected chi connectivity index (χ0v) is 14.7. The number of rotatable bonds is 2. The average Bonchev–Trinajstić information content (AvgIpc) is 3.29. The molecule has 0 radical (unpaired) electrons. The fraction of sp³-hybridized carbons (Fsp3) is 0.0500. The van der Waals surface area contributed by atoms with Gasteiger partial charge in [-0.3, -0.25) is 9.78 Å². The van der Waals surface area contributed by atoms with E-state index in [1.54, 1.807) is 25.4 Å². The molecule has 0 aliphatic carbocycles. The van der Waals surface area contributed by atoms with Gasteiger partial charge in [0.1, 0.15) is 11.1 Å². The third kappa shape index (κ3) is 2.23. The average molecular weight is 368 g/mol. The second kappa shape index (κ2) is 5.89. The number of aromatic amines is 1. The molecule has 0 bridgehead atoms. The van der Waals surface area contributed by atoms with Gasteiger partial charge in [-0.2, -0.15) is 0 Å². The van der Waals surface area contributed by atoms with Crippen LogP contribution >= 0.6 is 0 Å². The number of H-pyrrole nitrogens is 1. The molecule has 0 unspecified atom stereocenters. The van der Waals surface area contributed by atoms with E-state index in [9.17, 15) is 4.79 Å². The van der Waals surface area contributed by atoms with Crippen molar-refractivity contribution in [1.29, 1.82) is 0 Å². The summed E-state index contributed by atoms with van der Waals surface area (Å²) in [5, 5.41) is 2.86. The standard InChI is InChI=1S/C20H12N6O2/c1-11-15(19-24-13-10-22-9-8-14(13)28-19)20(27)26-18(23-11)16(17(21-2)25-26)12-6-4-3-5-7-12/h3-10,25H,1H3. The fourth-order valence-electron chi connectivity index (χ4n) is 3.25. The quantitative estimate of drug-likeness (QED) is 0.479. The van der Waals surface area contributed by atoms with Crippen LogP contribution in [0.25, 0.3) is 44.2 Å². The maximum Gasteiger partial charge on any atom is 0.301 e. The molecule has 8 nitrogen and oxygen atoms in total. The highest BCUT2D eigenvalue weighted by Gasteiger charge is 2.23. The first kappa shape index (κ1) is 16.0. The largest absolute Gasteiger partial charge is 0.436 e. The van der Waals surface area contributed by atoms with E-state index in [1.165, 1.54) is 4.52 Å². The minimum Gasteiger partial charge on any atom is -0.436 e. The number of aromatic nitrogens is 5. The maximum absolute atomic E-state index is 13.2. The normalized spacial score (nSPS) is 11.1. The Labute approximate surface area is 157 Å². The molecule has 0 aliphatic rings. The first-order chi connectivity index (χ1) is 13.7. The first-order valence-electron chi connectivity index (χ1n) is 8.46. The summed E-state index contributed by atoms with van der Waals surface area (Å²) in [6.07, 6.45) is 3.16. The fourth-order valence-corrected chi connectivity index (χ4v) is 3.25. The molecule has 1 aromatic carbocycles. The predicted octanol–water partition coefficient (Wildman–Crippen LogP) is 3.75. The summed E-state index contributed by atoms with van der Waals surface area (Å²) >= 11 is 0. The third-order valence-electron chi connectivity index (χ3n) is 4.52. The Bertz CT molecular complexity index is 1420. The van der Waals surface area contributed by atoms with E-state index in [0.29, 0.717) is 28.0 Å². The van der Waals surface area contributed by atoms with Crippen LogP contribution in [0.5, 0.6) is 0 Å². The topological polar surface area (TPSA) is 93.4 Å². The number of benzene rings is 1. The van der Waals surface area contributed by atoms with Crippen molar-refractivity contribution < 1.29 is 4.42 Å². The maximum atomic E-state index is 13.2. The minimum atomic E-state index is -0.380. The second-order valence-corrected chi connectivity index (χ2v) is 6.21. The lowest BCUT2D eigenvalue weighted by atomic mass is 10.1. The molecular formula is C20H12N6O2. The van der Waals surface area contributed by atoms with Gasteiger partial charge in [0.05, 0.1) is 17.5 Å². The van der Waals surface area contributed by atoms with Crippen molar-refractivity contribution >= 4 is 22.6 Å².